The van der Waals surface area contributed by atoms with Crippen LogP contribution in [0, 0.1) is 0 Å². The summed E-state index contributed by atoms with van der Waals surface area (Å²) in [6, 6.07) is 20.7. The van der Waals surface area contributed by atoms with E-state index in [1.165, 1.54) is 16.7 Å². The van der Waals surface area contributed by atoms with Gasteiger partial charge in [-0.25, -0.2) is 0 Å². The van der Waals surface area contributed by atoms with Gasteiger partial charge in [-0.2, -0.15) is 0 Å². The Hall–Kier alpha value is -2.12. The highest BCUT2D eigenvalue weighted by Gasteiger charge is 2.16. The molecule has 0 aliphatic heterocycles. The van der Waals surface area contributed by atoms with Crippen LogP contribution in [0.15, 0.2) is 78.9 Å². The van der Waals surface area contributed by atoms with Crippen molar-refractivity contribution in [3.63, 3.8) is 0 Å². The van der Waals surface area contributed by atoms with Crippen molar-refractivity contribution in [2.24, 2.45) is 0 Å². The van der Waals surface area contributed by atoms with Gasteiger partial charge in [0.05, 0.1) is 6.61 Å². The maximum atomic E-state index is 6.00. The Morgan fingerprint density at radius 2 is 1.53 bits per heavy atom. The predicted octanol–water partition coefficient (Wildman–Crippen LogP) is 4.23. The first-order chi connectivity index (χ1) is 9.43. The molecular weight excluding hydrogens is 232 g/mol. The van der Waals surface area contributed by atoms with Crippen LogP contribution in [0.5, 0.6) is 0 Å². The molecule has 0 amide bonds. The molecule has 1 atom stereocenters. The number of ether oxygens (including phenoxy) is 1. The molecule has 1 aliphatic carbocycles. The molecule has 2 aromatic carbocycles. The van der Waals surface area contributed by atoms with E-state index in [2.05, 4.69) is 54.6 Å². The van der Waals surface area contributed by atoms with Crippen molar-refractivity contribution in [3.05, 3.63) is 90.0 Å². The number of hydrogen-bond acceptors (Lipinski definition) is 1. The van der Waals surface area contributed by atoms with Crippen molar-refractivity contribution in [1.29, 1.82) is 0 Å². The third-order valence-corrected chi connectivity index (χ3v) is 3.25. The van der Waals surface area contributed by atoms with E-state index in [-0.39, 0.29) is 6.10 Å². The molecule has 0 heterocycles. The molecule has 0 saturated carbocycles. The van der Waals surface area contributed by atoms with Gasteiger partial charge in [0.15, 0.2) is 0 Å². The summed E-state index contributed by atoms with van der Waals surface area (Å²) in [6.45, 7) is 0.639. The average Bonchev–Trinajstić information content (AvgIpc) is 2.95. The van der Waals surface area contributed by atoms with E-state index in [0.29, 0.717) is 6.61 Å². The van der Waals surface area contributed by atoms with Gasteiger partial charge in [0.2, 0.25) is 0 Å². The highest BCUT2D eigenvalue weighted by molar-refractivity contribution is 5.74. The van der Waals surface area contributed by atoms with Crippen LogP contribution >= 0.6 is 0 Å². The van der Waals surface area contributed by atoms with E-state index in [0.717, 1.165) is 0 Å². The number of rotatable bonds is 4. The molecule has 94 valence electrons. The molecule has 0 spiro atoms. The number of hydrogen-bond donors (Lipinski definition) is 0. The number of allylic oxidation sites excluding steroid dienone is 2. The van der Waals surface area contributed by atoms with Gasteiger partial charge in [-0.1, -0.05) is 78.9 Å². The molecule has 1 heteroatoms. The summed E-state index contributed by atoms with van der Waals surface area (Å²) in [5.74, 6) is 0. The normalized spacial score (nSPS) is 17.5. The summed E-state index contributed by atoms with van der Waals surface area (Å²) >= 11 is 0. The van der Waals surface area contributed by atoms with E-state index in [9.17, 15) is 0 Å². The van der Waals surface area contributed by atoms with Crippen molar-refractivity contribution in [2.75, 3.05) is 0 Å². The second-order valence-electron chi connectivity index (χ2n) is 4.59. The van der Waals surface area contributed by atoms with E-state index in [4.69, 9.17) is 4.74 Å². The van der Waals surface area contributed by atoms with Gasteiger partial charge in [-0.3, -0.25) is 0 Å². The van der Waals surface area contributed by atoms with Crippen LogP contribution in [0.3, 0.4) is 0 Å². The van der Waals surface area contributed by atoms with Gasteiger partial charge in [0, 0.05) is 0 Å². The summed E-state index contributed by atoms with van der Waals surface area (Å²) in [5, 5.41) is 0. The first-order valence-corrected chi connectivity index (χ1v) is 6.53. The monoisotopic (exact) mass is 248 g/mol. The van der Waals surface area contributed by atoms with Crippen molar-refractivity contribution in [3.8, 4) is 0 Å². The van der Waals surface area contributed by atoms with Crippen LogP contribution in [0.4, 0.5) is 0 Å². The first-order valence-electron chi connectivity index (χ1n) is 6.53. The fraction of sp³-hybridized carbons (Fsp3) is 0.111. The molecule has 1 unspecified atom stereocenters. The predicted molar refractivity (Wildman–Crippen MR) is 78.6 cm³/mol. The maximum absolute atomic E-state index is 6.00. The van der Waals surface area contributed by atoms with E-state index in [1.807, 2.05) is 24.3 Å². The Morgan fingerprint density at radius 3 is 2.26 bits per heavy atom. The van der Waals surface area contributed by atoms with Crippen molar-refractivity contribution in [1.82, 2.24) is 0 Å². The van der Waals surface area contributed by atoms with Gasteiger partial charge in [-0.15, -0.1) is 0 Å². The molecule has 0 fully saturated rings. The summed E-state index contributed by atoms with van der Waals surface area (Å²) in [6.07, 6.45) is 6.36. The minimum Gasteiger partial charge on any atom is -0.365 e. The molecule has 0 radical (unpaired) electrons. The minimum atomic E-state index is 0.0580. The lowest BCUT2D eigenvalue weighted by atomic mass is 10.0. The largest absolute Gasteiger partial charge is 0.365 e. The molecule has 1 aliphatic rings. The minimum absolute atomic E-state index is 0.0580. The van der Waals surface area contributed by atoms with Gasteiger partial charge >= 0.3 is 0 Å². The Kier molecular flexibility index (Phi) is 3.57. The van der Waals surface area contributed by atoms with Gasteiger partial charge in [0.25, 0.3) is 0 Å². The molecule has 0 saturated heterocycles. The Balaban J connectivity index is 1.69. The van der Waals surface area contributed by atoms with Gasteiger partial charge in [0.1, 0.15) is 6.10 Å². The molecular formula is C18H16O. The van der Waals surface area contributed by atoms with Crippen LogP contribution in [-0.2, 0) is 11.3 Å². The van der Waals surface area contributed by atoms with Crippen molar-refractivity contribution < 1.29 is 4.74 Å². The van der Waals surface area contributed by atoms with Crippen LogP contribution in [0.2, 0.25) is 0 Å². The zero-order chi connectivity index (χ0) is 12.9. The zero-order valence-corrected chi connectivity index (χ0v) is 10.7. The SMILES string of the molecule is C1=CC(OCc2ccccc2)C(c2ccccc2)=C1. The lowest BCUT2D eigenvalue weighted by Crippen LogP contribution is -2.10. The molecule has 1 nitrogen and oxygen atoms in total. The molecule has 2 aromatic rings. The number of benzene rings is 2. The molecule has 0 N–H and O–H groups in total. The third kappa shape index (κ3) is 2.83. The summed E-state index contributed by atoms with van der Waals surface area (Å²) in [5.41, 5.74) is 3.66. The smallest absolute Gasteiger partial charge is 0.102 e. The maximum Gasteiger partial charge on any atom is 0.102 e. The summed E-state index contributed by atoms with van der Waals surface area (Å²) in [7, 11) is 0. The average molecular weight is 248 g/mol. The standard InChI is InChI=1S/C18H16O/c1-3-8-15(9-4-1)14-19-18-13-7-12-17(18)16-10-5-2-6-11-16/h1-13,18H,14H2. The summed E-state index contributed by atoms with van der Waals surface area (Å²) < 4.78 is 6.00. The van der Waals surface area contributed by atoms with Gasteiger partial charge < -0.3 is 4.74 Å². The second-order valence-corrected chi connectivity index (χ2v) is 4.59. The van der Waals surface area contributed by atoms with Crippen LogP contribution < -0.4 is 0 Å². The van der Waals surface area contributed by atoms with Crippen LogP contribution in [0.25, 0.3) is 5.57 Å². The van der Waals surface area contributed by atoms with Crippen molar-refractivity contribution in [2.45, 2.75) is 12.7 Å². The Morgan fingerprint density at radius 1 is 0.842 bits per heavy atom. The Bertz CT molecular complexity index is 582. The van der Waals surface area contributed by atoms with Crippen molar-refractivity contribution >= 4 is 5.57 Å². The van der Waals surface area contributed by atoms with Crippen LogP contribution in [-0.4, -0.2) is 6.10 Å². The first kappa shape index (κ1) is 11.9. The fourth-order valence-electron chi connectivity index (χ4n) is 2.26. The van der Waals surface area contributed by atoms with Crippen LogP contribution in [0.1, 0.15) is 11.1 Å². The zero-order valence-electron chi connectivity index (χ0n) is 10.7. The fourth-order valence-corrected chi connectivity index (χ4v) is 2.26. The second kappa shape index (κ2) is 5.68. The lowest BCUT2D eigenvalue weighted by Gasteiger charge is -2.15. The Labute approximate surface area is 113 Å². The highest BCUT2D eigenvalue weighted by atomic mass is 16.5. The quantitative estimate of drug-likeness (QED) is 0.787. The molecule has 3 rings (SSSR count). The topological polar surface area (TPSA) is 9.23 Å². The molecule has 0 bridgehead atoms. The van der Waals surface area contributed by atoms with Gasteiger partial charge in [-0.05, 0) is 16.7 Å². The molecule has 19 heavy (non-hydrogen) atoms. The van der Waals surface area contributed by atoms with E-state index < -0.39 is 0 Å². The highest BCUT2D eigenvalue weighted by Crippen LogP contribution is 2.26. The van der Waals surface area contributed by atoms with E-state index >= 15 is 0 Å². The molecule has 0 aromatic heterocycles. The van der Waals surface area contributed by atoms with E-state index in [1.54, 1.807) is 0 Å². The third-order valence-electron chi connectivity index (χ3n) is 3.25. The lowest BCUT2D eigenvalue weighted by molar-refractivity contribution is 0.109. The summed E-state index contributed by atoms with van der Waals surface area (Å²) in [4.78, 5) is 0.